The van der Waals surface area contributed by atoms with Crippen LogP contribution >= 0.6 is 12.2 Å². The van der Waals surface area contributed by atoms with E-state index in [-0.39, 0.29) is 0 Å². The van der Waals surface area contributed by atoms with Crippen molar-refractivity contribution in [3.63, 3.8) is 0 Å². The zero-order chi connectivity index (χ0) is 14.0. The zero-order valence-electron chi connectivity index (χ0n) is 12.0. The highest BCUT2D eigenvalue weighted by Gasteiger charge is 2.31. The molecule has 3 nitrogen and oxygen atoms in total. The quantitative estimate of drug-likeness (QED) is 0.812. The number of thiocarbonyl (C=S) groups is 1. The van der Waals surface area contributed by atoms with Crippen LogP contribution in [0.3, 0.4) is 0 Å². The van der Waals surface area contributed by atoms with Crippen LogP contribution < -0.4 is 10.6 Å². The van der Waals surface area contributed by atoms with E-state index in [0.717, 1.165) is 23.5 Å². The summed E-state index contributed by atoms with van der Waals surface area (Å²) < 4.78 is 0. The molecule has 0 atom stereocenters. The van der Waals surface area contributed by atoms with E-state index >= 15 is 0 Å². The Morgan fingerprint density at radius 1 is 1.53 bits per heavy atom. The lowest BCUT2D eigenvalue weighted by atomic mass is 10.1. The summed E-state index contributed by atoms with van der Waals surface area (Å²) in [7, 11) is 0. The zero-order valence-corrected chi connectivity index (χ0v) is 12.8. The number of hydrogen-bond donors (Lipinski definition) is 1. The highest BCUT2D eigenvalue weighted by molar-refractivity contribution is 7.80. The smallest absolute Gasteiger partial charge is 0.139 e. The van der Waals surface area contributed by atoms with Gasteiger partial charge in [-0.2, -0.15) is 0 Å². The van der Waals surface area contributed by atoms with Crippen LogP contribution in [0.2, 0.25) is 0 Å². The van der Waals surface area contributed by atoms with E-state index in [0.29, 0.717) is 16.9 Å². The van der Waals surface area contributed by atoms with Gasteiger partial charge in [-0.05, 0) is 43.7 Å². The second-order valence-corrected chi connectivity index (χ2v) is 6.24. The van der Waals surface area contributed by atoms with Gasteiger partial charge in [-0.1, -0.05) is 26.1 Å². The first-order chi connectivity index (χ1) is 9.00. The highest BCUT2D eigenvalue weighted by atomic mass is 32.1. The van der Waals surface area contributed by atoms with Crippen LogP contribution in [0.15, 0.2) is 12.3 Å². The molecule has 1 aromatic heterocycles. The number of pyridine rings is 1. The maximum atomic E-state index is 5.89. The Morgan fingerprint density at radius 3 is 2.74 bits per heavy atom. The van der Waals surface area contributed by atoms with Crippen molar-refractivity contribution in [1.82, 2.24) is 4.98 Å². The molecule has 1 aliphatic carbocycles. The third kappa shape index (κ3) is 3.44. The van der Waals surface area contributed by atoms with Crippen LogP contribution in [-0.2, 0) is 0 Å². The molecule has 0 unspecified atom stereocenters. The molecule has 1 heterocycles. The van der Waals surface area contributed by atoms with Gasteiger partial charge < -0.3 is 10.6 Å². The molecule has 1 aliphatic rings. The van der Waals surface area contributed by atoms with E-state index in [2.05, 4.69) is 23.7 Å². The van der Waals surface area contributed by atoms with Gasteiger partial charge in [0.05, 0.1) is 5.56 Å². The molecular formula is C15H23N3S. The maximum absolute atomic E-state index is 5.89. The molecule has 1 saturated carbocycles. The van der Waals surface area contributed by atoms with Gasteiger partial charge in [0, 0.05) is 18.8 Å². The van der Waals surface area contributed by atoms with Gasteiger partial charge in [-0.25, -0.2) is 4.98 Å². The van der Waals surface area contributed by atoms with E-state index in [1.165, 1.54) is 19.3 Å². The molecule has 0 aromatic carbocycles. The maximum Gasteiger partial charge on any atom is 0.139 e. The Morgan fingerprint density at radius 2 is 2.21 bits per heavy atom. The molecule has 104 valence electrons. The summed E-state index contributed by atoms with van der Waals surface area (Å²) in [6, 6.07) is 2.60. The minimum atomic E-state index is 0.454. The Kier molecular flexibility index (Phi) is 4.40. The minimum absolute atomic E-state index is 0.454. The van der Waals surface area contributed by atoms with Crippen molar-refractivity contribution < 1.29 is 0 Å². The largest absolute Gasteiger partial charge is 0.389 e. The van der Waals surface area contributed by atoms with E-state index in [1.54, 1.807) is 0 Å². The van der Waals surface area contributed by atoms with Gasteiger partial charge in [-0.3, -0.25) is 0 Å². The summed E-state index contributed by atoms with van der Waals surface area (Å²) in [5.74, 6) is 1.68. The molecule has 1 fully saturated rings. The van der Waals surface area contributed by atoms with Crippen LogP contribution in [0, 0.1) is 12.8 Å². The lowest BCUT2D eigenvalue weighted by molar-refractivity contribution is 0.568. The van der Waals surface area contributed by atoms with Crippen molar-refractivity contribution in [3.05, 3.63) is 23.4 Å². The second kappa shape index (κ2) is 5.87. The van der Waals surface area contributed by atoms with Crippen molar-refractivity contribution in [3.8, 4) is 0 Å². The van der Waals surface area contributed by atoms with Crippen molar-refractivity contribution in [2.75, 3.05) is 11.4 Å². The Bertz CT molecular complexity index is 466. The Labute approximate surface area is 121 Å². The molecule has 0 radical (unpaired) electrons. The van der Waals surface area contributed by atoms with Gasteiger partial charge in [0.1, 0.15) is 10.8 Å². The fourth-order valence-corrected chi connectivity index (χ4v) is 2.56. The van der Waals surface area contributed by atoms with Crippen molar-refractivity contribution >= 4 is 23.0 Å². The van der Waals surface area contributed by atoms with Crippen LogP contribution in [0.4, 0.5) is 5.82 Å². The third-order valence-electron chi connectivity index (χ3n) is 3.59. The molecule has 0 saturated heterocycles. The number of nitrogens with zero attached hydrogens (tertiary/aromatic N) is 2. The first-order valence-electron chi connectivity index (χ1n) is 7.02. The van der Waals surface area contributed by atoms with Crippen LogP contribution in [0.25, 0.3) is 0 Å². The second-order valence-electron chi connectivity index (χ2n) is 5.80. The van der Waals surface area contributed by atoms with Gasteiger partial charge in [0.2, 0.25) is 0 Å². The van der Waals surface area contributed by atoms with Crippen LogP contribution in [0.5, 0.6) is 0 Å². The number of aryl methyl sites for hydroxylation is 1. The van der Waals surface area contributed by atoms with Gasteiger partial charge in [0.25, 0.3) is 0 Å². The summed E-state index contributed by atoms with van der Waals surface area (Å²) in [5, 5.41) is 0. The Hall–Kier alpha value is -1.16. The van der Waals surface area contributed by atoms with E-state index in [9.17, 15) is 0 Å². The standard InChI is InChI=1S/C15H23N3S/c1-10(2)7-9-18(12-4-5-12)15-13(14(16)19)11(3)6-8-17-15/h6,8,10,12H,4-5,7,9H2,1-3H3,(H2,16,19). The summed E-state index contributed by atoms with van der Waals surface area (Å²) >= 11 is 5.21. The summed E-state index contributed by atoms with van der Waals surface area (Å²) in [6.07, 6.45) is 5.54. The monoisotopic (exact) mass is 277 g/mol. The van der Waals surface area contributed by atoms with Gasteiger partial charge in [0.15, 0.2) is 0 Å². The number of aromatic nitrogens is 1. The molecule has 2 N–H and O–H groups in total. The molecule has 1 aromatic rings. The molecule has 0 bridgehead atoms. The van der Waals surface area contributed by atoms with Crippen molar-refractivity contribution in [2.45, 2.75) is 46.1 Å². The normalized spacial score (nSPS) is 14.7. The Balaban J connectivity index is 2.31. The van der Waals surface area contributed by atoms with Crippen LogP contribution in [-0.4, -0.2) is 22.6 Å². The van der Waals surface area contributed by atoms with E-state index in [4.69, 9.17) is 18.0 Å². The molecule has 19 heavy (non-hydrogen) atoms. The van der Waals surface area contributed by atoms with Crippen molar-refractivity contribution in [1.29, 1.82) is 0 Å². The predicted molar refractivity (Wildman–Crippen MR) is 84.7 cm³/mol. The van der Waals surface area contributed by atoms with Gasteiger partial charge in [-0.15, -0.1) is 0 Å². The number of rotatable bonds is 6. The SMILES string of the molecule is Cc1ccnc(N(CCC(C)C)C2CC2)c1C(N)=S. The number of anilines is 1. The summed E-state index contributed by atoms with van der Waals surface area (Å²) in [6.45, 7) is 7.59. The summed E-state index contributed by atoms with van der Waals surface area (Å²) in [5.41, 5.74) is 7.96. The number of hydrogen-bond acceptors (Lipinski definition) is 3. The molecule has 2 rings (SSSR count). The number of nitrogens with two attached hydrogens (primary N) is 1. The highest BCUT2D eigenvalue weighted by Crippen LogP contribution is 2.33. The topological polar surface area (TPSA) is 42.2 Å². The molecule has 0 amide bonds. The first kappa shape index (κ1) is 14.3. The van der Waals surface area contributed by atoms with Crippen molar-refractivity contribution in [2.24, 2.45) is 11.7 Å². The lowest BCUT2D eigenvalue weighted by Crippen LogP contribution is -2.31. The van der Waals surface area contributed by atoms with Gasteiger partial charge >= 0.3 is 0 Å². The van der Waals surface area contributed by atoms with E-state index < -0.39 is 0 Å². The molecule has 0 spiro atoms. The average molecular weight is 277 g/mol. The predicted octanol–water partition coefficient (Wildman–Crippen LogP) is 3.04. The molecular weight excluding hydrogens is 254 g/mol. The van der Waals surface area contributed by atoms with Crippen LogP contribution in [0.1, 0.15) is 44.2 Å². The average Bonchev–Trinajstić information content (AvgIpc) is 3.12. The molecule has 0 aliphatic heterocycles. The lowest BCUT2D eigenvalue weighted by Gasteiger charge is -2.27. The fourth-order valence-electron chi connectivity index (χ4n) is 2.31. The van der Waals surface area contributed by atoms with E-state index in [1.807, 2.05) is 19.2 Å². The first-order valence-corrected chi connectivity index (χ1v) is 7.43. The minimum Gasteiger partial charge on any atom is -0.389 e. The summed E-state index contributed by atoms with van der Waals surface area (Å²) in [4.78, 5) is 7.42. The fraction of sp³-hybridized carbons (Fsp3) is 0.600. The molecule has 4 heteroatoms. The third-order valence-corrected chi connectivity index (χ3v) is 3.80.